The molecule has 66 valence electrons. The molecule has 0 aliphatic heterocycles. The Morgan fingerprint density at radius 1 is 1.36 bits per heavy atom. The third-order valence-corrected chi connectivity index (χ3v) is 2.87. The van der Waals surface area contributed by atoms with Crippen LogP contribution >= 0.6 is 0 Å². The predicted molar refractivity (Wildman–Crippen MR) is 42.8 cm³/mol. The van der Waals surface area contributed by atoms with Gasteiger partial charge in [0.05, 0.1) is 6.26 Å². The van der Waals surface area contributed by atoms with Gasteiger partial charge >= 0.3 is 10.0 Å². The molecule has 0 aromatic heterocycles. The van der Waals surface area contributed by atoms with Crippen LogP contribution in [0, 0.1) is 0 Å². The van der Waals surface area contributed by atoms with E-state index in [0.29, 0.717) is 0 Å². The number of guanidine groups is 1. The van der Waals surface area contributed by atoms with Crippen molar-refractivity contribution in [2.75, 3.05) is 20.4 Å². The van der Waals surface area contributed by atoms with Gasteiger partial charge in [0, 0.05) is 0 Å². The van der Waals surface area contributed by atoms with Gasteiger partial charge in [-0.25, -0.2) is 0 Å². The molecule has 6 nitrogen and oxygen atoms in total. The van der Waals surface area contributed by atoms with Gasteiger partial charge in [0.2, 0.25) is 5.96 Å². The quantitative estimate of drug-likeness (QED) is 0.227. The van der Waals surface area contributed by atoms with E-state index in [4.69, 9.17) is 11.5 Å². The van der Waals surface area contributed by atoms with Gasteiger partial charge in [-0.3, -0.25) is 0 Å². The molecule has 0 saturated heterocycles. The normalized spacial score (nSPS) is 12.6. The molecule has 0 aliphatic rings. The smallest absolute Gasteiger partial charge is 0.318 e. The number of nitrogens with two attached hydrogens (primary N) is 2. The highest BCUT2D eigenvalue weighted by atomic mass is 32.2. The van der Waals surface area contributed by atoms with Crippen molar-refractivity contribution in [3.8, 4) is 0 Å². The van der Waals surface area contributed by atoms with Gasteiger partial charge < -0.3 is 11.5 Å². The monoisotopic (exact) mass is 181 g/mol. The van der Waals surface area contributed by atoms with Crippen LogP contribution in [0.15, 0.2) is 5.10 Å². The second kappa shape index (κ2) is 2.67. The first kappa shape index (κ1) is 10.2. The van der Waals surface area contributed by atoms with Crippen LogP contribution in [0.3, 0.4) is 0 Å². The highest BCUT2D eigenvalue weighted by Crippen LogP contribution is 2.05. The molecule has 0 unspecified atom stereocenters. The topological polar surface area (TPSA) is 98.5 Å². The zero-order valence-electron chi connectivity index (χ0n) is 6.77. The molecular formula is C4H13N4O2S+. The van der Waals surface area contributed by atoms with Crippen LogP contribution in [0.2, 0.25) is 0 Å². The summed E-state index contributed by atoms with van der Waals surface area (Å²) < 4.78 is 21.3. The third-order valence-electron chi connectivity index (χ3n) is 1.17. The molecule has 7 heteroatoms. The number of hydrogen-bond acceptors (Lipinski definition) is 3. The van der Waals surface area contributed by atoms with Crippen molar-refractivity contribution in [3.05, 3.63) is 0 Å². The molecule has 0 saturated carbocycles. The van der Waals surface area contributed by atoms with Crippen molar-refractivity contribution >= 4 is 16.0 Å². The van der Waals surface area contributed by atoms with Gasteiger partial charge in [0.15, 0.2) is 0 Å². The van der Waals surface area contributed by atoms with E-state index >= 15 is 0 Å². The molecule has 11 heavy (non-hydrogen) atoms. The van der Waals surface area contributed by atoms with Crippen LogP contribution in [-0.2, 0) is 10.0 Å². The Bertz CT molecular complexity index is 262. The summed E-state index contributed by atoms with van der Waals surface area (Å²) in [7, 11) is -0.567. The Balaban J connectivity index is 4.92. The SMILES string of the molecule is C[N+](C)(N=C(N)N)S(C)(=O)=O. The summed E-state index contributed by atoms with van der Waals surface area (Å²) in [6.07, 6.45) is 1.06. The Labute approximate surface area is 66.1 Å². The maximum Gasteiger partial charge on any atom is 0.318 e. The summed E-state index contributed by atoms with van der Waals surface area (Å²) in [6.45, 7) is 0. The van der Waals surface area contributed by atoms with Crippen LogP contribution in [-0.4, -0.2) is 38.7 Å². The second-order valence-electron chi connectivity index (χ2n) is 2.55. The molecule has 0 aliphatic carbocycles. The summed E-state index contributed by atoms with van der Waals surface area (Å²) in [5, 5.41) is 3.50. The van der Waals surface area contributed by atoms with E-state index in [1.54, 1.807) is 0 Å². The van der Waals surface area contributed by atoms with E-state index < -0.39 is 14.0 Å². The predicted octanol–water partition coefficient (Wildman–Crippen LogP) is -1.79. The molecule has 0 radical (unpaired) electrons. The van der Waals surface area contributed by atoms with E-state index in [0.717, 1.165) is 6.26 Å². The largest absolute Gasteiger partial charge is 0.366 e. The average molecular weight is 181 g/mol. The maximum absolute atomic E-state index is 10.9. The molecule has 0 atom stereocenters. The number of quaternary nitrogens is 1. The Hall–Kier alpha value is -0.820. The lowest BCUT2D eigenvalue weighted by Crippen LogP contribution is -2.43. The minimum atomic E-state index is -3.31. The fourth-order valence-corrected chi connectivity index (χ4v) is 0.595. The van der Waals surface area contributed by atoms with Crippen molar-refractivity contribution in [2.24, 2.45) is 16.6 Å². The molecule has 0 bridgehead atoms. The number of rotatable bonds is 2. The van der Waals surface area contributed by atoms with Gasteiger partial charge in [0.25, 0.3) is 0 Å². The molecule has 0 spiro atoms. The van der Waals surface area contributed by atoms with Gasteiger partial charge in [-0.1, -0.05) is 4.00 Å². The van der Waals surface area contributed by atoms with Crippen LogP contribution in [0.25, 0.3) is 0 Å². The number of nitrogens with zero attached hydrogens (tertiary/aromatic N) is 2. The standard InChI is InChI=1S/C4H13N4O2S/c1-8(2,7-4(5)6)11(3,9)10/h1-3H3,(H4,5,6,7)/q+1. The number of hydrogen-bond donors (Lipinski definition) is 2. The summed E-state index contributed by atoms with van der Waals surface area (Å²) in [6, 6.07) is 0. The van der Waals surface area contributed by atoms with Gasteiger partial charge in [-0.15, -0.1) is 0 Å². The van der Waals surface area contributed by atoms with E-state index in [9.17, 15) is 8.42 Å². The van der Waals surface area contributed by atoms with Gasteiger partial charge in [-0.2, -0.15) is 8.42 Å². The van der Waals surface area contributed by atoms with Gasteiger partial charge in [0.1, 0.15) is 14.1 Å². The zero-order chi connectivity index (χ0) is 9.28. The Morgan fingerprint density at radius 2 is 1.73 bits per heavy atom. The lowest BCUT2D eigenvalue weighted by atomic mass is 11.0. The lowest BCUT2D eigenvalue weighted by molar-refractivity contribution is -0.768. The van der Waals surface area contributed by atoms with Crippen LogP contribution in [0.5, 0.6) is 0 Å². The molecule has 0 heterocycles. The van der Waals surface area contributed by atoms with Crippen LogP contribution in [0.1, 0.15) is 0 Å². The molecule has 0 aromatic rings. The first-order valence-electron chi connectivity index (χ1n) is 2.82. The minimum Gasteiger partial charge on any atom is -0.366 e. The summed E-state index contributed by atoms with van der Waals surface area (Å²) in [4.78, 5) is 0. The van der Waals surface area contributed by atoms with Crippen molar-refractivity contribution in [1.29, 1.82) is 0 Å². The Kier molecular flexibility index (Phi) is 2.47. The molecule has 0 rings (SSSR count). The van der Waals surface area contributed by atoms with Gasteiger partial charge in [-0.05, 0) is 5.10 Å². The Morgan fingerprint density at radius 3 is 1.82 bits per heavy atom. The fourth-order valence-electron chi connectivity index (χ4n) is 0.352. The highest BCUT2D eigenvalue weighted by molar-refractivity contribution is 7.85. The zero-order valence-corrected chi connectivity index (χ0v) is 7.59. The van der Waals surface area contributed by atoms with E-state index in [-0.39, 0.29) is 5.96 Å². The van der Waals surface area contributed by atoms with E-state index in [2.05, 4.69) is 5.10 Å². The van der Waals surface area contributed by atoms with Crippen molar-refractivity contribution in [2.45, 2.75) is 0 Å². The molecule has 4 N–H and O–H groups in total. The van der Waals surface area contributed by atoms with Crippen molar-refractivity contribution in [3.63, 3.8) is 0 Å². The van der Waals surface area contributed by atoms with Crippen LogP contribution < -0.4 is 11.5 Å². The highest BCUT2D eigenvalue weighted by Gasteiger charge is 2.28. The summed E-state index contributed by atoms with van der Waals surface area (Å²) in [5.74, 6) is -0.250. The minimum absolute atomic E-state index is 0.250. The van der Waals surface area contributed by atoms with Crippen molar-refractivity contribution in [1.82, 2.24) is 0 Å². The second-order valence-corrected chi connectivity index (χ2v) is 4.91. The molecule has 0 aromatic carbocycles. The first-order valence-corrected chi connectivity index (χ1v) is 4.67. The first-order chi connectivity index (χ1) is 4.67. The maximum atomic E-state index is 10.9. The van der Waals surface area contributed by atoms with Crippen LogP contribution in [0.4, 0.5) is 0 Å². The fraction of sp³-hybridized carbons (Fsp3) is 0.750. The average Bonchev–Trinajstić information content (AvgIpc) is 1.56. The summed E-state index contributed by atoms with van der Waals surface area (Å²) in [5.41, 5.74) is 10.0. The van der Waals surface area contributed by atoms with E-state index in [1.807, 2.05) is 0 Å². The van der Waals surface area contributed by atoms with Crippen molar-refractivity contribution < 1.29 is 12.4 Å². The number of sulfonamides is 1. The molecule has 0 fully saturated rings. The molecular weight excluding hydrogens is 168 g/mol. The van der Waals surface area contributed by atoms with E-state index in [1.165, 1.54) is 14.1 Å². The molecule has 0 amide bonds. The third kappa shape index (κ3) is 2.72. The lowest BCUT2D eigenvalue weighted by Gasteiger charge is -2.18. The summed E-state index contributed by atoms with van der Waals surface area (Å²) >= 11 is 0.